The molecule has 0 spiro atoms. The Kier molecular flexibility index (Phi) is 62.7. The third-order valence-electron chi connectivity index (χ3n) is 14.3. The number of esters is 3. The number of carbonyl (C=O) groups is 3. The first-order chi connectivity index (χ1) is 38.5. The van der Waals surface area contributed by atoms with Crippen molar-refractivity contribution in [1.82, 2.24) is 0 Å². The van der Waals surface area contributed by atoms with E-state index in [1.165, 1.54) is 186 Å². The molecule has 0 bridgehead atoms. The van der Waals surface area contributed by atoms with Crippen molar-refractivity contribution in [3.05, 3.63) is 97.2 Å². The van der Waals surface area contributed by atoms with Crippen LogP contribution in [0.15, 0.2) is 97.2 Å². The monoisotopic (exact) mass is 1080 g/mol. The second kappa shape index (κ2) is 65.8. The molecule has 0 aromatic heterocycles. The lowest BCUT2D eigenvalue weighted by Crippen LogP contribution is -2.30. The Bertz CT molecular complexity index is 1530. The van der Waals surface area contributed by atoms with E-state index in [2.05, 4.69) is 112 Å². The van der Waals surface area contributed by atoms with E-state index in [9.17, 15) is 14.4 Å². The zero-order valence-electron chi connectivity index (χ0n) is 51.4. The van der Waals surface area contributed by atoms with Gasteiger partial charge in [0.25, 0.3) is 0 Å². The fourth-order valence-corrected chi connectivity index (χ4v) is 9.34. The summed E-state index contributed by atoms with van der Waals surface area (Å²) in [5, 5.41) is 0. The first kappa shape index (κ1) is 74.3. The molecule has 0 fully saturated rings. The average molecular weight is 1090 g/mol. The molecule has 0 heterocycles. The number of hydrogen-bond acceptors (Lipinski definition) is 6. The molecule has 6 nitrogen and oxygen atoms in total. The molecule has 0 aliphatic rings. The lowest BCUT2D eigenvalue weighted by molar-refractivity contribution is -0.166. The summed E-state index contributed by atoms with van der Waals surface area (Å²) in [7, 11) is 0. The summed E-state index contributed by atoms with van der Waals surface area (Å²) in [4.78, 5) is 38.3. The quantitative estimate of drug-likeness (QED) is 0.0261. The van der Waals surface area contributed by atoms with Crippen molar-refractivity contribution in [3.8, 4) is 0 Å². The molecule has 0 aliphatic carbocycles. The van der Waals surface area contributed by atoms with Gasteiger partial charge < -0.3 is 14.2 Å². The predicted octanol–water partition coefficient (Wildman–Crippen LogP) is 22.8. The highest BCUT2D eigenvalue weighted by Gasteiger charge is 2.19. The zero-order valence-corrected chi connectivity index (χ0v) is 51.4. The van der Waals surface area contributed by atoms with Crippen LogP contribution in [0.2, 0.25) is 0 Å². The maximum absolute atomic E-state index is 12.9. The van der Waals surface area contributed by atoms with Crippen LogP contribution in [-0.2, 0) is 28.6 Å². The molecule has 0 N–H and O–H groups in total. The number of hydrogen-bond donors (Lipinski definition) is 0. The van der Waals surface area contributed by atoms with Gasteiger partial charge in [0.2, 0.25) is 0 Å². The number of rotatable bonds is 60. The van der Waals surface area contributed by atoms with Crippen molar-refractivity contribution >= 4 is 17.9 Å². The molecule has 0 rings (SSSR count). The van der Waals surface area contributed by atoms with Crippen LogP contribution in [-0.4, -0.2) is 37.2 Å². The van der Waals surface area contributed by atoms with Crippen molar-refractivity contribution in [1.29, 1.82) is 0 Å². The van der Waals surface area contributed by atoms with Crippen molar-refractivity contribution in [2.24, 2.45) is 0 Å². The van der Waals surface area contributed by atoms with E-state index < -0.39 is 12.1 Å². The molecule has 0 aliphatic heterocycles. The van der Waals surface area contributed by atoms with Crippen LogP contribution in [0, 0.1) is 0 Å². The van der Waals surface area contributed by atoms with Gasteiger partial charge in [0.05, 0.1) is 0 Å². The first-order valence-electron chi connectivity index (χ1n) is 33.2. The molecule has 78 heavy (non-hydrogen) atoms. The Balaban J connectivity index is 4.36. The van der Waals surface area contributed by atoms with E-state index >= 15 is 0 Å². The third-order valence-corrected chi connectivity index (χ3v) is 14.3. The minimum Gasteiger partial charge on any atom is -0.462 e. The maximum atomic E-state index is 12.9. The fraction of sp³-hybridized carbons (Fsp3) is 0.736. The molecular weight excluding hydrogens is 961 g/mol. The van der Waals surface area contributed by atoms with Gasteiger partial charge >= 0.3 is 17.9 Å². The predicted molar refractivity (Wildman–Crippen MR) is 339 cm³/mol. The van der Waals surface area contributed by atoms with Gasteiger partial charge in [-0.3, -0.25) is 14.4 Å². The minimum atomic E-state index is -0.822. The molecule has 0 saturated carbocycles. The van der Waals surface area contributed by atoms with Gasteiger partial charge in [0.1, 0.15) is 13.2 Å². The van der Waals surface area contributed by atoms with Gasteiger partial charge in [0.15, 0.2) is 6.10 Å². The van der Waals surface area contributed by atoms with Gasteiger partial charge in [0, 0.05) is 19.3 Å². The molecule has 1 atom stereocenters. The van der Waals surface area contributed by atoms with E-state index in [1.807, 2.05) is 6.08 Å². The second-order valence-electron chi connectivity index (χ2n) is 22.0. The highest BCUT2D eigenvalue weighted by molar-refractivity contribution is 5.71. The lowest BCUT2D eigenvalue weighted by atomic mass is 10.0. The molecule has 0 saturated heterocycles. The topological polar surface area (TPSA) is 78.9 Å². The summed E-state index contributed by atoms with van der Waals surface area (Å²) in [6.45, 7) is 6.48. The first-order valence-corrected chi connectivity index (χ1v) is 33.2. The van der Waals surface area contributed by atoms with E-state index in [0.29, 0.717) is 19.3 Å². The molecule has 0 radical (unpaired) electrons. The van der Waals surface area contributed by atoms with Gasteiger partial charge in [-0.1, -0.05) is 291 Å². The normalized spacial score (nSPS) is 12.7. The van der Waals surface area contributed by atoms with Gasteiger partial charge in [-0.25, -0.2) is 0 Å². The van der Waals surface area contributed by atoms with Crippen molar-refractivity contribution < 1.29 is 28.6 Å². The molecule has 6 heteroatoms. The van der Waals surface area contributed by atoms with E-state index in [-0.39, 0.29) is 31.6 Å². The zero-order chi connectivity index (χ0) is 56.4. The minimum absolute atomic E-state index is 0.109. The number of allylic oxidation sites excluding steroid dienone is 16. The van der Waals surface area contributed by atoms with Crippen LogP contribution in [0.3, 0.4) is 0 Å². The Labute approximate surface area is 483 Å². The molecule has 0 amide bonds. The van der Waals surface area contributed by atoms with Crippen molar-refractivity contribution in [2.75, 3.05) is 13.2 Å². The molecule has 1 unspecified atom stereocenters. The lowest BCUT2D eigenvalue weighted by Gasteiger charge is -2.18. The molecule has 448 valence electrons. The van der Waals surface area contributed by atoms with Crippen LogP contribution < -0.4 is 0 Å². The number of carbonyl (C=O) groups excluding carboxylic acids is 3. The summed E-state index contributed by atoms with van der Waals surface area (Å²) >= 11 is 0. The Hall–Kier alpha value is -3.67. The number of unbranched alkanes of at least 4 members (excludes halogenated alkanes) is 33. The smallest absolute Gasteiger partial charge is 0.306 e. The van der Waals surface area contributed by atoms with Crippen LogP contribution in [0.4, 0.5) is 0 Å². The highest BCUT2D eigenvalue weighted by Crippen LogP contribution is 2.16. The summed E-state index contributed by atoms with van der Waals surface area (Å²) < 4.78 is 16.9. The largest absolute Gasteiger partial charge is 0.462 e. The summed E-state index contributed by atoms with van der Waals surface area (Å²) in [6.07, 6.45) is 88.7. The van der Waals surface area contributed by atoms with Crippen molar-refractivity contribution in [3.63, 3.8) is 0 Å². The van der Waals surface area contributed by atoms with E-state index in [4.69, 9.17) is 14.2 Å². The maximum Gasteiger partial charge on any atom is 0.306 e. The van der Waals surface area contributed by atoms with Gasteiger partial charge in [-0.15, -0.1) is 0 Å². The van der Waals surface area contributed by atoms with E-state index in [0.717, 1.165) is 89.9 Å². The van der Waals surface area contributed by atoms with Gasteiger partial charge in [-0.05, 0) is 109 Å². The molecule has 0 aromatic carbocycles. The average Bonchev–Trinajstić information content (AvgIpc) is 3.44. The van der Waals surface area contributed by atoms with E-state index in [1.54, 1.807) is 0 Å². The summed E-state index contributed by atoms with van der Waals surface area (Å²) in [6, 6.07) is 0. The van der Waals surface area contributed by atoms with Gasteiger partial charge in [-0.2, -0.15) is 0 Å². The van der Waals surface area contributed by atoms with Crippen LogP contribution in [0.1, 0.15) is 323 Å². The van der Waals surface area contributed by atoms with Crippen LogP contribution >= 0.6 is 0 Å². The third kappa shape index (κ3) is 63.2. The van der Waals surface area contributed by atoms with Crippen molar-refractivity contribution in [2.45, 2.75) is 329 Å². The molecule has 0 aromatic rings. The summed E-state index contributed by atoms with van der Waals surface area (Å²) in [5.41, 5.74) is 0. The van der Waals surface area contributed by atoms with Crippen LogP contribution in [0.5, 0.6) is 0 Å². The van der Waals surface area contributed by atoms with Crippen LogP contribution in [0.25, 0.3) is 0 Å². The second-order valence-corrected chi connectivity index (χ2v) is 22.0. The fourth-order valence-electron chi connectivity index (χ4n) is 9.34. The summed E-state index contributed by atoms with van der Waals surface area (Å²) in [5.74, 6) is -0.992. The Morgan fingerprint density at radius 3 is 0.833 bits per heavy atom. The molecular formula is C72H124O6. The number of ether oxygens (including phenoxy) is 3. The Morgan fingerprint density at radius 1 is 0.269 bits per heavy atom. The Morgan fingerprint density at radius 2 is 0.526 bits per heavy atom. The highest BCUT2D eigenvalue weighted by atomic mass is 16.6. The standard InChI is InChI=1S/C72H124O6/c1-4-7-10-13-16-19-22-25-28-30-32-33-34-35-36-37-38-39-41-42-44-47-50-53-56-59-62-65-71(74)77-68-69(67-76-70(73)64-61-58-55-52-49-46-27-24-21-18-15-12-9-6-3)78-72(75)66-63-60-57-54-51-48-45-43-40-31-29-26-23-20-17-14-11-8-5-2/h8,11,17,20,24,26-27,29-30,32,40,43,48,51,57,60,69H,4-7,9-10,12-16,18-19,21-23,25,28,31,33-39,41-42,44-47,49-50,52-56,58-59,61-68H2,1-3H3/b11-8-,20-17-,27-24-,29-26-,32-30-,43-40-,51-48-,60-57-. The SMILES string of the molecule is CC/C=C\C/C=C\C/C=C\C/C=C\C/C=C\C/C=C\CCC(=O)OC(COC(=O)CCCCCCC/C=C\CCCCCCC)COC(=O)CCCCCCCCCCCCCCCCC/C=C\CCCCCCCCCC.